The number of anilines is 1. The summed E-state index contributed by atoms with van der Waals surface area (Å²) in [6, 6.07) is 4.95. The topological polar surface area (TPSA) is 28.2 Å². The Balaban J connectivity index is 1.99. The first-order valence-corrected chi connectivity index (χ1v) is 7.29. The Bertz CT molecular complexity index is 347. The Kier molecular flexibility index (Phi) is 5.00. The van der Waals surface area contributed by atoms with E-state index in [1.165, 1.54) is 37.9 Å². The highest BCUT2D eigenvalue weighted by atomic mass is 15.2. The smallest absolute Gasteiger partial charge is 0.125 e. The molecule has 0 bridgehead atoms. The van der Waals surface area contributed by atoms with Crippen molar-refractivity contribution < 1.29 is 0 Å². The molecule has 1 atom stereocenters. The van der Waals surface area contributed by atoms with E-state index < -0.39 is 0 Å². The average Bonchev–Trinajstić information content (AvgIpc) is 2.86. The van der Waals surface area contributed by atoms with Gasteiger partial charge in [-0.2, -0.15) is 0 Å². The number of aromatic nitrogens is 1. The molecule has 0 amide bonds. The van der Waals surface area contributed by atoms with Crippen molar-refractivity contribution in [2.24, 2.45) is 0 Å². The third-order valence-corrected chi connectivity index (χ3v) is 3.60. The predicted octanol–water partition coefficient (Wildman–Crippen LogP) is 3.45. The van der Waals surface area contributed by atoms with E-state index in [1.54, 1.807) is 0 Å². The molecule has 1 aliphatic rings. The Morgan fingerprint density at radius 1 is 1.33 bits per heavy atom. The summed E-state index contributed by atoms with van der Waals surface area (Å²) in [5.41, 5.74) is 1.38. The van der Waals surface area contributed by atoms with Gasteiger partial charge < -0.3 is 5.32 Å². The maximum absolute atomic E-state index is 4.52. The van der Waals surface area contributed by atoms with Crippen molar-refractivity contribution in [2.45, 2.75) is 45.6 Å². The fourth-order valence-electron chi connectivity index (χ4n) is 2.72. The summed E-state index contributed by atoms with van der Waals surface area (Å²) in [7, 11) is 0. The van der Waals surface area contributed by atoms with Crippen LogP contribution < -0.4 is 5.32 Å². The molecule has 1 fully saturated rings. The summed E-state index contributed by atoms with van der Waals surface area (Å²) in [5, 5.41) is 3.32. The Labute approximate surface area is 111 Å². The molecule has 100 valence electrons. The molecule has 2 rings (SSSR count). The lowest BCUT2D eigenvalue weighted by Gasteiger charge is -2.24. The highest BCUT2D eigenvalue weighted by molar-refractivity contribution is 5.36. The normalized spacial score (nSPS) is 20.2. The standard InChI is InChI=1S/C15H25N3/c1-3-9-16-15-8-7-13(12-17-15)14-6-5-11-18(14)10-4-2/h7-8,12,14H,3-6,9-11H2,1-2H3,(H,16,17). The Morgan fingerprint density at radius 3 is 2.89 bits per heavy atom. The minimum atomic E-state index is 0.595. The van der Waals surface area contributed by atoms with Gasteiger partial charge >= 0.3 is 0 Å². The van der Waals surface area contributed by atoms with Crippen LogP contribution in [0.2, 0.25) is 0 Å². The molecule has 1 aromatic heterocycles. The average molecular weight is 247 g/mol. The van der Waals surface area contributed by atoms with Crippen molar-refractivity contribution in [1.82, 2.24) is 9.88 Å². The van der Waals surface area contributed by atoms with Gasteiger partial charge in [0, 0.05) is 18.8 Å². The maximum Gasteiger partial charge on any atom is 0.125 e. The molecule has 3 nitrogen and oxygen atoms in total. The predicted molar refractivity (Wildman–Crippen MR) is 76.9 cm³/mol. The molecule has 0 aliphatic carbocycles. The molecule has 3 heteroatoms. The molecule has 0 saturated carbocycles. The van der Waals surface area contributed by atoms with Gasteiger partial charge in [0.05, 0.1) is 0 Å². The van der Waals surface area contributed by atoms with Crippen LogP contribution in [-0.2, 0) is 0 Å². The molecule has 1 aromatic rings. The van der Waals surface area contributed by atoms with Crippen LogP contribution in [-0.4, -0.2) is 29.5 Å². The molecule has 1 aliphatic heterocycles. The van der Waals surface area contributed by atoms with Gasteiger partial charge in [-0.25, -0.2) is 4.98 Å². The second-order valence-corrected chi connectivity index (χ2v) is 5.10. The molecule has 0 radical (unpaired) electrons. The van der Waals surface area contributed by atoms with Crippen molar-refractivity contribution in [1.29, 1.82) is 0 Å². The van der Waals surface area contributed by atoms with E-state index in [0.29, 0.717) is 6.04 Å². The minimum absolute atomic E-state index is 0.595. The second-order valence-electron chi connectivity index (χ2n) is 5.10. The molecule has 1 unspecified atom stereocenters. The van der Waals surface area contributed by atoms with E-state index >= 15 is 0 Å². The van der Waals surface area contributed by atoms with Crippen molar-refractivity contribution in [3.8, 4) is 0 Å². The molecule has 1 N–H and O–H groups in total. The summed E-state index contributed by atoms with van der Waals surface area (Å²) in [4.78, 5) is 7.11. The number of likely N-dealkylation sites (tertiary alicyclic amines) is 1. The van der Waals surface area contributed by atoms with Gasteiger partial charge in [0.15, 0.2) is 0 Å². The van der Waals surface area contributed by atoms with Crippen LogP contribution in [0.5, 0.6) is 0 Å². The van der Waals surface area contributed by atoms with E-state index in [0.717, 1.165) is 18.8 Å². The number of hydrogen-bond acceptors (Lipinski definition) is 3. The summed E-state index contributed by atoms with van der Waals surface area (Å²) in [6.07, 6.45) is 7.02. The first-order valence-electron chi connectivity index (χ1n) is 7.29. The van der Waals surface area contributed by atoms with Gasteiger partial charge in [-0.1, -0.05) is 19.9 Å². The van der Waals surface area contributed by atoms with Gasteiger partial charge in [0.1, 0.15) is 5.82 Å². The summed E-state index contributed by atoms with van der Waals surface area (Å²) in [6.45, 7) is 7.88. The molecule has 0 spiro atoms. The lowest BCUT2D eigenvalue weighted by molar-refractivity contribution is 0.257. The minimum Gasteiger partial charge on any atom is -0.370 e. The lowest BCUT2D eigenvalue weighted by atomic mass is 10.1. The Hall–Kier alpha value is -1.09. The first-order chi connectivity index (χ1) is 8.85. The first kappa shape index (κ1) is 13.3. The Morgan fingerprint density at radius 2 is 2.22 bits per heavy atom. The van der Waals surface area contributed by atoms with Crippen LogP contribution in [0.4, 0.5) is 5.82 Å². The van der Waals surface area contributed by atoms with Gasteiger partial charge in [-0.05, 0) is 50.4 Å². The number of nitrogens with one attached hydrogen (secondary N) is 1. The molecular formula is C15H25N3. The van der Waals surface area contributed by atoms with Crippen LogP contribution >= 0.6 is 0 Å². The lowest BCUT2D eigenvalue weighted by Crippen LogP contribution is -2.24. The third kappa shape index (κ3) is 3.22. The van der Waals surface area contributed by atoms with E-state index in [2.05, 4.69) is 47.4 Å². The van der Waals surface area contributed by atoms with Crippen molar-refractivity contribution >= 4 is 5.82 Å². The molecule has 1 saturated heterocycles. The third-order valence-electron chi connectivity index (χ3n) is 3.60. The summed E-state index contributed by atoms with van der Waals surface area (Å²) >= 11 is 0. The second kappa shape index (κ2) is 6.74. The van der Waals surface area contributed by atoms with Crippen LogP contribution in [0.15, 0.2) is 18.3 Å². The molecule has 0 aromatic carbocycles. The highest BCUT2D eigenvalue weighted by Crippen LogP contribution is 2.31. The van der Waals surface area contributed by atoms with Crippen molar-refractivity contribution in [3.63, 3.8) is 0 Å². The van der Waals surface area contributed by atoms with Gasteiger partial charge in [-0.3, -0.25) is 4.90 Å². The highest BCUT2D eigenvalue weighted by Gasteiger charge is 2.25. The van der Waals surface area contributed by atoms with E-state index in [-0.39, 0.29) is 0 Å². The van der Waals surface area contributed by atoms with Crippen LogP contribution in [0.3, 0.4) is 0 Å². The van der Waals surface area contributed by atoms with Gasteiger partial charge in [-0.15, -0.1) is 0 Å². The maximum atomic E-state index is 4.52. The number of pyridine rings is 1. The molecular weight excluding hydrogens is 222 g/mol. The van der Waals surface area contributed by atoms with Crippen molar-refractivity contribution in [2.75, 3.05) is 25.0 Å². The quantitative estimate of drug-likeness (QED) is 0.834. The van der Waals surface area contributed by atoms with E-state index in [4.69, 9.17) is 0 Å². The zero-order chi connectivity index (χ0) is 12.8. The van der Waals surface area contributed by atoms with Crippen molar-refractivity contribution in [3.05, 3.63) is 23.9 Å². The van der Waals surface area contributed by atoms with Gasteiger partial charge in [0.2, 0.25) is 0 Å². The number of nitrogens with zero attached hydrogens (tertiary/aromatic N) is 2. The largest absolute Gasteiger partial charge is 0.370 e. The SMILES string of the molecule is CCCNc1ccc(C2CCCN2CCC)cn1. The van der Waals surface area contributed by atoms with Crippen LogP contribution in [0, 0.1) is 0 Å². The molecule has 2 heterocycles. The van der Waals surface area contributed by atoms with E-state index in [9.17, 15) is 0 Å². The van der Waals surface area contributed by atoms with Gasteiger partial charge in [0.25, 0.3) is 0 Å². The number of rotatable bonds is 6. The number of hydrogen-bond donors (Lipinski definition) is 1. The molecule has 18 heavy (non-hydrogen) atoms. The monoisotopic (exact) mass is 247 g/mol. The zero-order valence-corrected chi connectivity index (χ0v) is 11.7. The summed E-state index contributed by atoms with van der Waals surface area (Å²) in [5.74, 6) is 1.00. The van der Waals surface area contributed by atoms with Crippen LogP contribution in [0.1, 0.15) is 51.1 Å². The van der Waals surface area contributed by atoms with E-state index in [1.807, 2.05) is 0 Å². The van der Waals surface area contributed by atoms with Crippen LogP contribution in [0.25, 0.3) is 0 Å². The zero-order valence-electron chi connectivity index (χ0n) is 11.7. The fraction of sp³-hybridized carbons (Fsp3) is 0.667. The fourth-order valence-corrected chi connectivity index (χ4v) is 2.72. The summed E-state index contributed by atoms with van der Waals surface area (Å²) < 4.78 is 0.